The summed E-state index contributed by atoms with van der Waals surface area (Å²) in [6, 6.07) is 5.69. The van der Waals surface area contributed by atoms with Crippen molar-refractivity contribution in [1.82, 2.24) is 10.1 Å². The second-order valence-electron chi connectivity index (χ2n) is 5.21. The number of aryl methyl sites for hydroxylation is 1. The van der Waals surface area contributed by atoms with Crippen molar-refractivity contribution in [1.29, 1.82) is 0 Å². The maximum atomic E-state index is 9.77. The maximum Gasteiger partial charge on any atom is 0.264 e. The van der Waals surface area contributed by atoms with Gasteiger partial charge >= 0.3 is 0 Å². The van der Waals surface area contributed by atoms with E-state index in [-0.39, 0.29) is 12.5 Å². The first-order valence-corrected chi connectivity index (χ1v) is 6.71. The second-order valence-corrected chi connectivity index (χ2v) is 5.21. The molecule has 0 saturated carbocycles. The lowest BCUT2D eigenvalue weighted by atomic mass is 10.1. The van der Waals surface area contributed by atoms with E-state index >= 15 is 0 Å². The zero-order valence-corrected chi connectivity index (χ0v) is 12.3. The van der Waals surface area contributed by atoms with Gasteiger partial charge in [-0.05, 0) is 26.0 Å². The molecule has 0 fully saturated rings. The van der Waals surface area contributed by atoms with Crippen molar-refractivity contribution in [3.05, 3.63) is 41.0 Å². The van der Waals surface area contributed by atoms with Crippen molar-refractivity contribution in [2.24, 2.45) is 0 Å². The van der Waals surface area contributed by atoms with Gasteiger partial charge in [0.25, 0.3) is 5.89 Å². The number of aliphatic hydroxyl groups is 1. The summed E-state index contributed by atoms with van der Waals surface area (Å²) in [5, 5.41) is 13.7. The molecular formula is C15H20N2O3. The molecule has 2 aromatic rings. The Bertz CT molecular complexity index is 576. The zero-order valence-electron chi connectivity index (χ0n) is 12.3. The maximum absolute atomic E-state index is 9.77. The molecule has 1 aromatic heterocycles. The van der Waals surface area contributed by atoms with E-state index in [9.17, 15) is 5.11 Å². The van der Waals surface area contributed by atoms with Gasteiger partial charge in [-0.2, -0.15) is 4.98 Å². The summed E-state index contributed by atoms with van der Waals surface area (Å²) in [5.74, 6) is 1.96. The van der Waals surface area contributed by atoms with Crippen LogP contribution in [0.5, 0.6) is 5.75 Å². The normalized spacial score (nSPS) is 12.7. The van der Waals surface area contributed by atoms with E-state index in [0.29, 0.717) is 17.5 Å². The highest BCUT2D eigenvalue weighted by Crippen LogP contribution is 2.27. The minimum atomic E-state index is -0.584. The van der Waals surface area contributed by atoms with Crippen LogP contribution in [0.4, 0.5) is 0 Å². The van der Waals surface area contributed by atoms with Crippen LogP contribution in [0.3, 0.4) is 0 Å². The molecule has 0 aliphatic rings. The summed E-state index contributed by atoms with van der Waals surface area (Å²) in [6.07, 6.45) is -0.584. The van der Waals surface area contributed by atoms with Gasteiger partial charge in [0.05, 0.1) is 6.10 Å². The van der Waals surface area contributed by atoms with Crippen LogP contribution < -0.4 is 4.74 Å². The van der Waals surface area contributed by atoms with Gasteiger partial charge in [0.2, 0.25) is 0 Å². The van der Waals surface area contributed by atoms with Crippen LogP contribution in [-0.2, 0) is 6.61 Å². The number of ether oxygens (including phenoxy) is 1. The molecule has 108 valence electrons. The lowest BCUT2D eigenvalue weighted by molar-refractivity contribution is 0.185. The quantitative estimate of drug-likeness (QED) is 0.908. The average Bonchev–Trinajstić information content (AvgIpc) is 2.86. The predicted molar refractivity (Wildman–Crippen MR) is 74.5 cm³/mol. The van der Waals surface area contributed by atoms with Crippen LogP contribution in [0, 0.1) is 6.92 Å². The Morgan fingerprint density at radius 1 is 1.30 bits per heavy atom. The fourth-order valence-electron chi connectivity index (χ4n) is 1.83. The summed E-state index contributed by atoms with van der Waals surface area (Å²) in [5.41, 5.74) is 1.83. The van der Waals surface area contributed by atoms with Gasteiger partial charge < -0.3 is 14.4 Å². The number of nitrogens with zero attached hydrogens (tertiary/aromatic N) is 2. The molecule has 0 aliphatic heterocycles. The van der Waals surface area contributed by atoms with Crippen LogP contribution >= 0.6 is 0 Å². The molecule has 0 amide bonds. The Morgan fingerprint density at radius 2 is 2.05 bits per heavy atom. The monoisotopic (exact) mass is 276 g/mol. The molecular weight excluding hydrogens is 256 g/mol. The number of hydrogen-bond acceptors (Lipinski definition) is 5. The van der Waals surface area contributed by atoms with Gasteiger partial charge in [-0.15, -0.1) is 0 Å². The molecule has 1 heterocycles. The van der Waals surface area contributed by atoms with E-state index < -0.39 is 6.10 Å². The van der Waals surface area contributed by atoms with Gasteiger partial charge in [0, 0.05) is 11.5 Å². The largest absolute Gasteiger partial charge is 0.483 e. The zero-order chi connectivity index (χ0) is 14.7. The third-order valence-electron chi connectivity index (χ3n) is 2.97. The van der Waals surface area contributed by atoms with E-state index in [4.69, 9.17) is 9.26 Å². The first kappa shape index (κ1) is 14.5. The minimum Gasteiger partial charge on any atom is -0.483 e. The van der Waals surface area contributed by atoms with Gasteiger partial charge in [-0.3, -0.25) is 0 Å². The summed E-state index contributed by atoms with van der Waals surface area (Å²) in [7, 11) is 0. The van der Waals surface area contributed by atoms with Crippen molar-refractivity contribution in [2.75, 3.05) is 0 Å². The Kier molecular flexibility index (Phi) is 4.39. The molecule has 1 N–H and O–H groups in total. The second kappa shape index (κ2) is 6.05. The number of benzene rings is 1. The Hall–Kier alpha value is -1.88. The molecule has 1 atom stereocenters. The Labute approximate surface area is 118 Å². The molecule has 20 heavy (non-hydrogen) atoms. The van der Waals surface area contributed by atoms with Crippen LogP contribution in [-0.4, -0.2) is 15.2 Å². The van der Waals surface area contributed by atoms with Crippen LogP contribution in [0.15, 0.2) is 22.7 Å². The highest BCUT2D eigenvalue weighted by molar-refractivity contribution is 5.38. The van der Waals surface area contributed by atoms with Crippen LogP contribution in [0.2, 0.25) is 0 Å². The molecule has 5 heteroatoms. The van der Waals surface area contributed by atoms with Crippen molar-refractivity contribution >= 4 is 0 Å². The van der Waals surface area contributed by atoms with Gasteiger partial charge in [-0.1, -0.05) is 30.6 Å². The van der Waals surface area contributed by atoms with Crippen molar-refractivity contribution in [3.63, 3.8) is 0 Å². The summed E-state index contributed by atoms with van der Waals surface area (Å²) in [4.78, 5) is 4.25. The average molecular weight is 276 g/mol. The molecule has 0 aliphatic carbocycles. The van der Waals surface area contributed by atoms with Crippen LogP contribution in [0.1, 0.15) is 55.6 Å². The fraction of sp³-hybridized carbons (Fsp3) is 0.467. The highest BCUT2D eigenvalue weighted by atomic mass is 16.5. The third kappa shape index (κ3) is 3.36. The molecule has 1 aromatic carbocycles. The third-order valence-corrected chi connectivity index (χ3v) is 2.97. The number of rotatable bonds is 5. The fourth-order valence-corrected chi connectivity index (χ4v) is 1.83. The van der Waals surface area contributed by atoms with Gasteiger partial charge in [0.1, 0.15) is 5.75 Å². The van der Waals surface area contributed by atoms with E-state index in [1.807, 2.05) is 39.0 Å². The molecule has 0 saturated heterocycles. The van der Waals surface area contributed by atoms with E-state index in [1.54, 1.807) is 6.92 Å². The highest BCUT2D eigenvalue weighted by Gasteiger charge is 2.13. The van der Waals surface area contributed by atoms with Crippen molar-refractivity contribution in [2.45, 2.75) is 46.3 Å². The lowest BCUT2D eigenvalue weighted by Crippen LogP contribution is -2.02. The Balaban J connectivity index is 2.10. The summed E-state index contributed by atoms with van der Waals surface area (Å²) >= 11 is 0. The molecule has 0 spiro atoms. The molecule has 0 bridgehead atoms. The van der Waals surface area contributed by atoms with E-state index in [0.717, 1.165) is 11.1 Å². The molecule has 5 nitrogen and oxygen atoms in total. The minimum absolute atomic E-state index is 0.197. The summed E-state index contributed by atoms with van der Waals surface area (Å²) in [6.45, 7) is 7.89. The van der Waals surface area contributed by atoms with Crippen LogP contribution in [0.25, 0.3) is 0 Å². The predicted octanol–water partition coefficient (Wildman–Crippen LogP) is 3.13. The topological polar surface area (TPSA) is 68.4 Å². The molecule has 0 unspecified atom stereocenters. The first-order valence-electron chi connectivity index (χ1n) is 6.71. The number of hydrogen-bond donors (Lipinski definition) is 1. The van der Waals surface area contributed by atoms with Crippen molar-refractivity contribution < 1.29 is 14.4 Å². The van der Waals surface area contributed by atoms with E-state index in [2.05, 4.69) is 10.1 Å². The molecule has 0 radical (unpaired) electrons. The summed E-state index contributed by atoms with van der Waals surface area (Å²) < 4.78 is 10.8. The van der Waals surface area contributed by atoms with Gasteiger partial charge in [-0.25, -0.2) is 0 Å². The SMILES string of the molecule is Cc1ccc(OCc2nc(C(C)C)no2)c([C@H](C)O)c1. The smallest absolute Gasteiger partial charge is 0.264 e. The standard InChI is InChI=1S/C15H20N2O3/c1-9(2)15-16-14(20-17-15)8-19-13-6-5-10(3)7-12(13)11(4)18/h5-7,9,11,18H,8H2,1-4H3/t11-/m0/s1. The van der Waals surface area contributed by atoms with Gasteiger partial charge in [0.15, 0.2) is 12.4 Å². The first-order chi connectivity index (χ1) is 9.47. The lowest BCUT2D eigenvalue weighted by Gasteiger charge is -2.13. The van der Waals surface area contributed by atoms with E-state index in [1.165, 1.54) is 0 Å². The number of aromatic nitrogens is 2. The number of aliphatic hydroxyl groups excluding tert-OH is 1. The molecule has 2 rings (SSSR count). The van der Waals surface area contributed by atoms with Crippen molar-refractivity contribution in [3.8, 4) is 5.75 Å². The Morgan fingerprint density at radius 3 is 2.65 bits per heavy atom.